The number of nitrogens with zero attached hydrogens (tertiary/aromatic N) is 2. The highest BCUT2D eigenvalue weighted by molar-refractivity contribution is 7.09. The summed E-state index contributed by atoms with van der Waals surface area (Å²) in [7, 11) is 0. The van der Waals surface area contributed by atoms with E-state index in [0.29, 0.717) is 19.1 Å². The molecule has 0 radical (unpaired) electrons. The van der Waals surface area contributed by atoms with Crippen LogP contribution in [-0.2, 0) is 16.0 Å². The first-order valence-corrected chi connectivity index (χ1v) is 8.05. The van der Waals surface area contributed by atoms with Crippen LogP contribution in [0.5, 0.6) is 0 Å². The van der Waals surface area contributed by atoms with Crippen molar-refractivity contribution in [2.75, 3.05) is 26.2 Å². The number of hydrogen-bond donors (Lipinski definition) is 1. The predicted molar refractivity (Wildman–Crippen MR) is 79.9 cm³/mol. The lowest BCUT2D eigenvalue weighted by Crippen LogP contribution is -2.51. The number of rotatable bonds is 5. The third kappa shape index (κ3) is 4.01. The van der Waals surface area contributed by atoms with Gasteiger partial charge in [-0.3, -0.25) is 4.79 Å². The monoisotopic (exact) mass is 297 g/mol. The molecule has 2 rings (SSSR count). The maximum absolute atomic E-state index is 12.2. The summed E-state index contributed by atoms with van der Waals surface area (Å²) < 4.78 is 5.52. The summed E-state index contributed by atoms with van der Waals surface area (Å²) in [6, 6.07) is 0.372. The first kappa shape index (κ1) is 15.4. The van der Waals surface area contributed by atoms with Gasteiger partial charge in [0.25, 0.3) is 0 Å². The molecule has 2 heterocycles. The molecule has 5 nitrogen and oxygen atoms in total. The second kappa shape index (κ2) is 7.15. The molecule has 20 heavy (non-hydrogen) atoms. The Morgan fingerprint density at radius 3 is 3.20 bits per heavy atom. The van der Waals surface area contributed by atoms with Crippen LogP contribution >= 0.6 is 11.3 Å². The maximum atomic E-state index is 12.2. The average Bonchev–Trinajstić information content (AvgIpc) is 2.87. The number of hydrogen-bond acceptors (Lipinski definition) is 5. The summed E-state index contributed by atoms with van der Waals surface area (Å²) in [6.45, 7) is 9.18. The lowest BCUT2D eigenvalue weighted by atomic mass is 10.2. The van der Waals surface area contributed by atoms with Crippen molar-refractivity contribution in [2.45, 2.75) is 39.3 Å². The summed E-state index contributed by atoms with van der Waals surface area (Å²) in [5.74, 6) is 0.166. The van der Waals surface area contributed by atoms with Crippen molar-refractivity contribution in [3.05, 3.63) is 16.1 Å². The van der Waals surface area contributed by atoms with Gasteiger partial charge in [-0.15, -0.1) is 11.3 Å². The number of piperazine rings is 1. The second-order valence-electron chi connectivity index (χ2n) is 5.15. The van der Waals surface area contributed by atoms with Crippen molar-refractivity contribution >= 4 is 17.2 Å². The van der Waals surface area contributed by atoms with Gasteiger partial charge in [-0.05, 0) is 20.8 Å². The molecular formula is C14H23N3O2S. The summed E-state index contributed by atoms with van der Waals surface area (Å²) in [6.07, 6.45) is 0.398. The fraction of sp³-hybridized carbons (Fsp3) is 0.714. The molecule has 1 fully saturated rings. The Morgan fingerprint density at radius 2 is 2.50 bits per heavy atom. The Hall–Kier alpha value is -0.980. The summed E-state index contributed by atoms with van der Waals surface area (Å²) in [5.41, 5.74) is 0.854. The van der Waals surface area contributed by atoms with Crippen molar-refractivity contribution in [2.24, 2.45) is 0 Å². The average molecular weight is 297 g/mol. The quantitative estimate of drug-likeness (QED) is 0.897. The van der Waals surface area contributed by atoms with Gasteiger partial charge in [-0.1, -0.05) is 0 Å². The molecule has 1 saturated heterocycles. The van der Waals surface area contributed by atoms with Gasteiger partial charge in [0.15, 0.2) is 0 Å². The number of amides is 1. The predicted octanol–water partition coefficient (Wildman–Crippen LogP) is 1.60. The van der Waals surface area contributed by atoms with Gasteiger partial charge in [0.1, 0.15) is 11.1 Å². The third-order valence-corrected chi connectivity index (χ3v) is 4.44. The van der Waals surface area contributed by atoms with E-state index in [2.05, 4.69) is 17.2 Å². The van der Waals surface area contributed by atoms with Crippen molar-refractivity contribution in [3.8, 4) is 0 Å². The van der Waals surface area contributed by atoms with Crippen molar-refractivity contribution in [1.82, 2.24) is 15.2 Å². The molecule has 0 aliphatic carbocycles. The molecule has 2 atom stereocenters. The molecule has 0 spiro atoms. The highest BCUT2D eigenvalue weighted by atomic mass is 32.1. The van der Waals surface area contributed by atoms with Crippen LogP contribution in [-0.4, -0.2) is 48.1 Å². The minimum Gasteiger partial charge on any atom is -0.372 e. The Balaban J connectivity index is 1.91. The Kier molecular flexibility index (Phi) is 5.51. The maximum Gasteiger partial charge on any atom is 0.228 e. The molecule has 6 heteroatoms. The molecule has 0 saturated carbocycles. The second-order valence-corrected chi connectivity index (χ2v) is 6.04. The molecule has 1 aromatic rings. The number of ether oxygens (including phenoxy) is 1. The van der Waals surface area contributed by atoms with Crippen molar-refractivity contribution < 1.29 is 9.53 Å². The van der Waals surface area contributed by atoms with E-state index >= 15 is 0 Å². The molecule has 0 aromatic carbocycles. The zero-order chi connectivity index (χ0) is 14.5. The lowest BCUT2D eigenvalue weighted by molar-refractivity contribution is -0.131. The smallest absolute Gasteiger partial charge is 0.228 e. The highest BCUT2D eigenvalue weighted by Gasteiger charge is 2.21. The van der Waals surface area contributed by atoms with Crippen LogP contribution in [0.15, 0.2) is 5.38 Å². The van der Waals surface area contributed by atoms with Gasteiger partial charge in [-0.2, -0.15) is 0 Å². The minimum absolute atomic E-state index is 0.00746. The van der Waals surface area contributed by atoms with Crippen LogP contribution in [0.4, 0.5) is 0 Å². The lowest BCUT2D eigenvalue weighted by Gasteiger charge is -2.31. The Morgan fingerprint density at radius 1 is 1.70 bits per heavy atom. The topological polar surface area (TPSA) is 54.5 Å². The van der Waals surface area contributed by atoms with Gasteiger partial charge in [0, 0.05) is 37.7 Å². The fourth-order valence-corrected chi connectivity index (χ4v) is 3.16. The SMILES string of the molecule is CCO[C@H](C)c1nc(CC(=O)N2CCN[C@H](C)C2)cs1. The standard InChI is InChI=1S/C14H23N3O2S/c1-4-19-11(3)14-16-12(9-20-14)7-13(18)17-6-5-15-10(2)8-17/h9-11,15H,4-8H2,1-3H3/t10-,11-/m1/s1. The molecular weight excluding hydrogens is 274 g/mol. The Labute approximate surface area is 124 Å². The van der Waals surface area contributed by atoms with Gasteiger partial charge in [0.05, 0.1) is 12.1 Å². The van der Waals surface area contributed by atoms with E-state index in [4.69, 9.17) is 4.74 Å². The number of thiazole rings is 1. The van der Waals surface area contributed by atoms with Gasteiger partial charge < -0.3 is 15.0 Å². The van der Waals surface area contributed by atoms with E-state index in [1.165, 1.54) is 0 Å². The zero-order valence-corrected chi connectivity index (χ0v) is 13.2. The zero-order valence-electron chi connectivity index (χ0n) is 12.4. The fourth-order valence-electron chi connectivity index (χ4n) is 2.34. The number of carbonyl (C=O) groups excluding carboxylic acids is 1. The first-order chi connectivity index (χ1) is 9.60. The molecule has 1 aliphatic rings. The van der Waals surface area contributed by atoms with Crippen LogP contribution in [0.25, 0.3) is 0 Å². The first-order valence-electron chi connectivity index (χ1n) is 7.17. The van der Waals surface area contributed by atoms with Crippen molar-refractivity contribution in [1.29, 1.82) is 0 Å². The number of nitrogens with one attached hydrogen (secondary N) is 1. The molecule has 112 valence electrons. The van der Waals surface area contributed by atoms with E-state index in [-0.39, 0.29) is 12.0 Å². The van der Waals surface area contributed by atoms with Crippen LogP contribution < -0.4 is 5.32 Å². The van der Waals surface area contributed by atoms with E-state index < -0.39 is 0 Å². The molecule has 1 N–H and O–H groups in total. The van der Waals surface area contributed by atoms with E-state index in [1.807, 2.05) is 24.1 Å². The molecule has 0 bridgehead atoms. The highest BCUT2D eigenvalue weighted by Crippen LogP contribution is 2.21. The summed E-state index contributed by atoms with van der Waals surface area (Å²) in [5, 5.41) is 6.25. The van der Waals surface area contributed by atoms with E-state index in [1.54, 1.807) is 11.3 Å². The van der Waals surface area contributed by atoms with Gasteiger partial charge >= 0.3 is 0 Å². The number of aromatic nitrogens is 1. The third-order valence-electron chi connectivity index (χ3n) is 3.39. The normalized spacial score (nSPS) is 20.9. The van der Waals surface area contributed by atoms with Gasteiger partial charge in [0.2, 0.25) is 5.91 Å². The molecule has 1 aromatic heterocycles. The Bertz CT molecular complexity index is 449. The summed E-state index contributed by atoms with van der Waals surface area (Å²) >= 11 is 1.57. The number of carbonyl (C=O) groups is 1. The molecule has 1 amide bonds. The van der Waals surface area contributed by atoms with Crippen LogP contribution in [0.3, 0.4) is 0 Å². The summed E-state index contributed by atoms with van der Waals surface area (Å²) in [4.78, 5) is 18.7. The van der Waals surface area contributed by atoms with Gasteiger partial charge in [-0.25, -0.2) is 4.98 Å². The largest absolute Gasteiger partial charge is 0.372 e. The van der Waals surface area contributed by atoms with E-state index in [0.717, 1.165) is 30.3 Å². The molecule has 1 aliphatic heterocycles. The van der Waals surface area contributed by atoms with Crippen LogP contribution in [0.2, 0.25) is 0 Å². The van der Waals surface area contributed by atoms with Crippen LogP contribution in [0, 0.1) is 0 Å². The van der Waals surface area contributed by atoms with Crippen molar-refractivity contribution in [3.63, 3.8) is 0 Å². The molecule has 0 unspecified atom stereocenters. The van der Waals surface area contributed by atoms with E-state index in [9.17, 15) is 4.79 Å². The minimum atomic E-state index is 0.00746. The van der Waals surface area contributed by atoms with Crippen LogP contribution in [0.1, 0.15) is 37.6 Å².